The first-order valence-corrected chi connectivity index (χ1v) is 14.3. The average Bonchev–Trinajstić information content (AvgIpc) is 2.84. The first kappa shape index (κ1) is 28.3. The number of nitrogens with one attached hydrogen (secondary N) is 1. The monoisotopic (exact) mass is 531 g/mol. The van der Waals surface area contributed by atoms with Gasteiger partial charge in [-0.3, -0.25) is 13.9 Å². The molecular formula is C27H37N3O6S. The van der Waals surface area contributed by atoms with Crippen LogP contribution < -0.4 is 19.1 Å². The maximum absolute atomic E-state index is 13.3. The summed E-state index contributed by atoms with van der Waals surface area (Å²) >= 11 is 0. The molecule has 0 fully saturated rings. The number of carbonyl (C=O) groups is 2. The average molecular weight is 532 g/mol. The number of hydrogen-bond acceptors (Lipinski definition) is 6. The molecule has 1 atom stereocenters. The molecule has 10 heteroatoms. The molecule has 2 amide bonds. The molecule has 1 heterocycles. The molecule has 3 rings (SSSR count). The Labute approximate surface area is 219 Å². The molecule has 9 nitrogen and oxygen atoms in total. The van der Waals surface area contributed by atoms with Gasteiger partial charge in [-0.2, -0.15) is 0 Å². The summed E-state index contributed by atoms with van der Waals surface area (Å²) in [6.45, 7) is 8.66. The van der Waals surface area contributed by atoms with E-state index in [1.54, 1.807) is 30.0 Å². The predicted molar refractivity (Wildman–Crippen MR) is 143 cm³/mol. The first-order chi connectivity index (χ1) is 17.5. The SMILES string of the molecule is Cc1ccc(CN(C(=O)CCCN(c2ccc3c(c2)OCCO3)S(C)(=O)=O)[C@H](C)C(=O)NC(C)C)cc1. The molecular weight excluding hydrogens is 494 g/mol. The lowest BCUT2D eigenvalue weighted by Gasteiger charge is -2.30. The van der Waals surface area contributed by atoms with Gasteiger partial charge in [0.1, 0.15) is 19.3 Å². The second-order valence-electron chi connectivity index (χ2n) is 9.61. The minimum Gasteiger partial charge on any atom is -0.486 e. The van der Waals surface area contributed by atoms with Crippen LogP contribution in [0.4, 0.5) is 5.69 Å². The number of ether oxygens (including phenoxy) is 2. The van der Waals surface area contributed by atoms with Gasteiger partial charge in [-0.1, -0.05) is 29.8 Å². The van der Waals surface area contributed by atoms with Gasteiger partial charge in [0.15, 0.2) is 11.5 Å². The third-order valence-electron chi connectivity index (χ3n) is 6.04. The van der Waals surface area contributed by atoms with Gasteiger partial charge in [0.2, 0.25) is 21.8 Å². The molecule has 0 saturated heterocycles. The standard InChI is InChI=1S/C27H37N3O6S/c1-19(2)28-27(32)21(4)29(18-22-10-8-20(3)9-11-22)26(31)7-6-14-30(37(5,33)34)23-12-13-24-25(17-23)36-16-15-35-24/h8-13,17,19,21H,6-7,14-16,18H2,1-5H3,(H,28,32)/t21-/m1/s1. The summed E-state index contributed by atoms with van der Waals surface area (Å²) in [5.41, 5.74) is 2.46. The zero-order valence-electron chi connectivity index (χ0n) is 22.2. The zero-order chi connectivity index (χ0) is 27.2. The number of aryl methyl sites for hydroxylation is 1. The Morgan fingerprint density at radius 3 is 2.27 bits per heavy atom. The number of anilines is 1. The van der Waals surface area contributed by atoms with Crippen LogP contribution in [0.15, 0.2) is 42.5 Å². The lowest BCUT2D eigenvalue weighted by Crippen LogP contribution is -2.49. The molecule has 0 spiro atoms. The molecule has 1 N–H and O–H groups in total. The van der Waals surface area contributed by atoms with Gasteiger partial charge in [0, 0.05) is 31.6 Å². The van der Waals surface area contributed by atoms with Crippen molar-refractivity contribution in [1.29, 1.82) is 0 Å². The van der Waals surface area contributed by atoms with Crippen LogP contribution in [-0.4, -0.2) is 63.2 Å². The smallest absolute Gasteiger partial charge is 0.242 e. The fraction of sp³-hybridized carbons (Fsp3) is 0.481. The number of hydrogen-bond donors (Lipinski definition) is 1. The van der Waals surface area contributed by atoms with Crippen LogP contribution in [0.5, 0.6) is 11.5 Å². The highest BCUT2D eigenvalue weighted by Crippen LogP contribution is 2.34. The van der Waals surface area contributed by atoms with Crippen molar-refractivity contribution < 1.29 is 27.5 Å². The lowest BCUT2D eigenvalue weighted by molar-refractivity contribution is -0.140. The van der Waals surface area contributed by atoms with Crippen LogP contribution in [0.3, 0.4) is 0 Å². The van der Waals surface area contributed by atoms with Crippen molar-refractivity contribution in [3.8, 4) is 11.5 Å². The molecule has 0 unspecified atom stereocenters. The number of fused-ring (bicyclic) bond motifs is 1. The Bertz CT molecular complexity index is 1200. The van der Waals surface area contributed by atoms with Gasteiger partial charge in [0.05, 0.1) is 11.9 Å². The van der Waals surface area contributed by atoms with Gasteiger partial charge < -0.3 is 19.7 Å². The van der Waals surface area contributed by atoms with E-state index < -0.39 is 16.1 Å². The molecule has 1 aliphatic heterocycles. The van der Waals surface area contributed by atoms with E-state index in [1.807, 2.05) is 45.0 Å². The molecule has 0 aliphatic carbocycles. The van der Waals surface area contributed by atoms with Crippen LogP contribution in [0, 0.1) is 6.92 Å². The van der Waals surface area contributed by atoms with Gasteiger partial charge in [-0.15, -0.1) is 0 Å². The van der Waals surface area contributed by atoms with Crippen molar-refractivity contribution in [1.82, 2.24) is 10.2 Å². The Hall–Kier alpha value is -3.27. The van der Waals surface area contributed by atoms with Crippen LogP contribution in [0.2, 0.25) is 0 Å². The van der Waals surface area contributed by atoms with Gasteiger partial charge in [0.25, 0.3) is 0 Å². The van der Waals surface area contributed by atoms with E-state index in [0.717, 1.165) is 17.4 Å². The quantitative estimate of drug-likeness (QED) is 0.477. The van der Waals surface area contributed by atoms with E-state index in [9.17, 15) is 18.0 Å². The van der Waals surface area contributed by atoms with E-state index in [4.69, 9.17) is 9.47 Å². The van der Waals surface area contributed by atoms with Crippen molar-refractivity contribution in [2.75, 3.05) is 30.3 Å². The number of sulfonamides is 1. The van der Waals surface area contributed by atoms with E-state index >= 15 is 0 Å². The molecule has 0 radical (unpaired) electrons. The number of carbonyl (C=O) groups excluding carboxylic acids is 2. The summed E-state index contributed by atoms with van der Waals surface area (Å²) in [4.78, 5) is 27.6. The fourth-order valence-electron chi connectivity index (χ4n) is 4.07. The largest absolute Gasteiger partial charge is 0.486 e. The number of nitrogens with zero attached hydrogens (tertiary/aromatic N) is 2. The summed E-state index contributed by atoms with van der Waals surface area (Å²) < 4.78 is 37.6. The van der Waals surface area contributed by atoms with E-state index in [1.165, 1.54) is 4.31 Å². The van der Waals surface area contributed by atoms with Gasteiger partial charge in [-0.25, -0.2) is 8.42 Å². The van der Waals surface area contributed by atoms with Crippen LogP contribution in [-0.2, 0) is 26.2 Å². The Morgan fingerprint density at radius 1 is 1.00 bits per heavy atom. The lowest BCUT2D eigenvalue weighted by atomic mass is 10.1. The van der Waals surface area contributed by atoms with E-state index in [-0.39, 0.29) is 43.8 Å². The first-order valence-electron chi connectivity index (χ1n) is 12.5. The minimum atomic E-state index is -3.61. The van der Waals surface area contributed by atoms with Gasteiger partial charge >= 0.3 is 0 Å². The highest BCUT2D eigenvalue weighted by molar-refractivity contribution is 7.92. The summed E-state index contributed by atoms with van der Waals surface area (Å²) in [5, 5.41) is 2.87. The van der Waals surface area contributed by atoms with Gasteiger partial charge in [-0.05, 0) is 51.8 Å². The predicted octanol–water partition coefficient (Wildman–Crippen LogP) is 3.25. The van der Waals surface area contributed by atoms with Crippen molar-refractivity contribution in [3.63, 3.8) is 0 Å². The topological polar surface area (TPSA) is 105 Å². The summed E-state index contributed by atoms with van der Waals surface area (Å²) in [7, 11) is -3.61. The summed E-state index contributed by atoms with van der Waals surface area (Å²) in [6, 6.07) is 12.1. The van der Waals surface area contributed by atoms with Crippen molar-refractivity contribution in [2.45, 2.75) is 59.2 Å². The molecule has 0 aromatic heterocycles. The maximum Gasteiger partial charge on any atom is 0.242 e. The second-order valence-corrected chi connectivity index (χ2v) is 11.5. The molecule has 1 aliphatic rings. The van der Waals surface area contributed by atoms with Crippen molar-refractivity contribution >= 4 is 27.5 Å². The fourth-order valence-corrected chi connectivity index (χ4v) is 5.03. The maximum atomic E-state index is 13.3. The Balaban J connectivity index is 1.73. The number of rotatable bonds is 11. The zero-order valence-corrected chi connectivity index (χ0v) is 23.0. The molecule has 2 aromatic rings. The molecule has 0 bridgehead atoms. The third kappa shape index (κ3) is 7.85. The van der Waals surface area contributed by atoms with E-state index in [2.05, 4.69) is 5.32 Å². The normalized spacial score (nSPS) is 13.7. The highest BCUT2D eigenvalue weighted by atomic mass is 32.2. The second kappa shape index (κ2) is 12.3. The van der Waals surface area contributed by atoms with E-state index in [0.29, 0.717) is 30.4 Å². The van der Waals surface area contributed by atoms with Crippen molar-refractivity contribution in [2.24, 2.45) is 0 Å². The minimum absolute atomic E-state index is 0.0550. The Kier molecular flexibility index (Phi) is 9.42. The Morgan fingerprint density at radius 2 is 1.65 bits per heavy atom. The van der Waals surface area contributed by atoms with Crippen LogP contribution in [0.25, 0.3) is 0 Å². The molecule has 0 saturated carbocycles. The molecule has 2 aromatic carbocycles. The summed E-state index contributed by atoms with van der Waals surface area (Å²) in [6.07, 6.45) is 1.50. The highest BCUT2D eigenvalue weighted by Gasteiger charge is 2.27. The third-order valence-corrected chi connectivity index (χ3v) is 7.23. The number of amides is 2. The molecule has 37 heavy (non-hydrogen) atoms. The summed E-state index contributed by atoms with van der Waals surface area (Å²) in [5.74, 6) is 0.605. The number of benzene rings is 2. The van der Waals surface area contributed by atoms with Crippen LogP contribution >= 0.6 is 0 Å². The molecule has 202 valence electrons. The van der Waals surface area contributed by atoms with Crippen LogP contribution in [0.1, 0.15) is 44.7 Å². The van der Waals surface area contributed by atoms with Crippen molar-refractivity contribution in [3.05, 3.63) is 53.6 Å².